The van der Waals surface area contributed by atoms with Gasteiger partial charge in [-0.05, 0) is 6.92 Å². The van der Waals surface area contributed by atoms with Crippen LogP contribution in [0.1, 0.15) is 13.3 Å². The lowest BCUT2D eigenvalue weighted by Crippen LogP contribution is -2.03. The second kappa shape index (κ2) is 14.1. The van der Waals surface area contributed by atoms with Gasteiger partial charge in [-0.25, -0.2) is 0 Å². The SMILES string of the molecule is C=CC.O=C(O)CC(=O)O.OB(F)F. The number of hydrogen-bond acceptors (Lipinski definition) is 3. The Labute approximate surface area is 79.9 Å². The van der Waals surface area contributed by atoms with Gasteiger partial charge in [0.15, 0.2) is 0 Å². The van der Waals surface area contributed by atoms with Crippen molar-refractivity contribution in [2.75, 3.05) is 0 Å². The van der Waals surface area contributed by atoms with Gasteiger partial charge >= 0.3 is 19.4 Å². The van der Waals surface area contributed by atoms with Gasteiger partial charge < -0.3 is 15.2 Å². The van der Waals surface area contributed by atoms with E-state index in [0.717, 1.165) is 0 Å². The van der Waals surface area contributed by atoms with Crippen molar-refractivity contribution in [3.63, 3.8) is 0 Å². The van der Waals surface area contributed by atoms with Gasteiger partial charge in [-0.1, -0.05) is 6.08 Å². The third-order valence-electron chi connectivity index (χ3n) is 0.302. The number of carbonyl (C=O) groups is 2. The molecular weight excluding hydrogens is 201 g/mol. The summed E-state index contributed by atoms with van der Waals surface area (Å²) < 4.78 is 19.8. The van der Waals surface area contributed by atoms with E-state index in [9.17, 15) is 18.2 Å². The van der Waals surface area contributed by atoms with Crippen LogP contribution in [-0.2, 0) is 9.59 Å². The fraction of sp³-hybridized carbons (Fsp3) is 0.333. The molecule has 8 heteroatoms. The van der Waals surface area contributed by atoms with Gasteiger partial charge in [-0.15, -0.1) is 6.58 Å². The highest BCUT2D eigenvalue weighted by molar-refractivity contribution is 6.32. The van der Waals surface area contributed by atoms with E-state index in [-0.39, 0.29) is 0 Å². The first-order chi connectivity index (χ1) is 6.27. The average molecular weight is 212 g/mol. The maximum absolute atomic E-state index is 9.89. The molecule has 0 saturated heterocycles. The van der Waals surface area contributed by atoms with Crippen LogP contribution in [0.15, 0.2) is 12.7 Å². The Morgan fingerprint density at radius 1 is 1.36 bits per heavy atom. The number of halogens is 2. The van der Waals surface area contributed by atoms with Gasteiger partial charge in [-0.2, -0.15) is 0 Å². The van der Waals surface area contributed by atoms with Crippen LogP contribution >= 0.6 is 0 Å². The van der Waals surface area contributed by atoms with Crippen molar-refractivity contribution in [3.8, 4) is 0 Å². The summed E-state index contributed by atoms with van der Waals surface area (Å²) in [5, 5.41) is 22.1. The van der Waals surface area contributed by atoms with Crippen molar-refractivity contribution in [2.24, 2.45) is 0 Å². The minimum atomic E-state index is -3.17. The second-order valence-electron chi connectivity index (χ2n) is 1.65. The summed E-state index contributed by atoms with van der Waals surface area (Å²) in [5.74, 6) is -2.62. The van der Waals surface area contributed by atoms with E-state index in [1.54, 1.807) is 6.08 Å². The normalized spacial score (nSPS) is 6.86. The van der Waals surface area contributed by atoms with Crippen molar-refractivity contribution >= 4 is 19.4 Å². The maximum atomic E-state index is 9.89. The third kappa shape index (κ3) is 147. The second-order valence-corrected chi connectivity index (χ2v) is 1.65. The van der Waals surface area contributed by atoms with Crippen LogP contribution in [0.3, 0.4) is 0 Å². The molecule has 0 unspecified atom stereocenters. The van der Waals surface area contributed by atoms with Gasteiger partial charge in [0.25, 0.3) is 0 Å². The largest absolute Gasteiger partial charge is 0.718 e. The Morgan fingerprint density at radius 3 is 1.50 bits per heavy atom. The molecule has 0 fully saturated rings. The van der Waals surface area contributed by atoms with Crippen LogP contribution < -0.4 is 0 Å². The molecule has 0 bridgehead atoms. The summed E-state index contributed by atoms with van der Waals surface area (Å²) >= 11 is 0. The molecule has 0 aliphatic heterocycles. The molecule has 0 aromatic rings. The van der Waals surface area contributed by atoms with Gasteiger partial charge in [0.1, 0.15) is 6.42 Å². The van der Waals surface area contributed by atoms with E-state index >= 15 is 0 Å². The van der Waals surface area contributed by atoms with E-state index in [1.165, 1.54) is 0 Å². The summed E-state index contributed by atoms with van der Waals surface area (Å²) in [4.78, 5) is 18.9. The van der Waals surface area contributed by atoms with E-state index < -0.39 is 25.8 Å². The highest BCUT2D eigenvalue weighted by atomic mass is 19.2. The summed E-state index contributed by atoms with van der Waals surface area (Å²) in [6, 6.07) is 0. The van der Waals surface area contributed by atoms with Crippen LogP contribution in [0.4, 0.5) is 8.63 Å². The minimum Gasteiger partial charge on any atom is -0.481 e. The number of rotatable bonds is 2. The number of hydrogen-bond donors (Lipinski definition) is 3. The average Bonchev–Trinajstić information content (AvgIpc) is 1.82. The molecule has 0 rings (SSSR count). The molecule has 14 heavy (non-hydrogen) atoms. The Balaban J connectivity index is -0.000000147. The highest BCUT2D eigenvalue weighted by Crippen LogP contribution is 1.74. The lowest BCUT2D eigenvalue weighted by atomic mass is 10.4. The molecule has 0 aromatic carbocycles. The highest BCUT2D eigenvalue weighted by Gasteiger charge is 2.02. The van der Waals surface area contributed by atoms with Crippen LogP contribution in [0.5, 0.6) is 0 Å². The van der Waals surface area contributed by atoms with E-state index in [2.05, 4.69) is 6.58 Å². The van der Waals surface area contributed by atoms with Crippen LogP contribution in [-0.4, -0.2) is 34.6 Å². The van der Waals surface area contributed by atoms with Crippen molar-refractivity contribution in [1.29, 1.82) is 0 Å². The zero-order valence-corrected chi connectivity index (χ0v) is 7.48. The van der Waals surface area contributed by atoms with Crippen LogP contribution in [0, 0.1) is 0 Å². The molecule has 0 amide bonds. The number of carboxylic acids is 2. The van der Waals surface area contributed by atoms with E-state index in [4.69, 9.17) is 15.2 Å². The van der Waals surface area contributed by atoms with E-state index in [1.807, 2.05) is 6.92 Å². The Hall–Kier alpha value is -1.44. The van der Waals surface area contributed by atoms with Crippen molar-refractivity contribution in [1.82, 2.24) is 0 Å². The van der Waals surface area contributed by atoms with Crippen LogP contribution in [0.25, 0.3) is 0 Å². The Kier molecular flexibility index (Phi) is 18.5. The third-order valence-corrected chi connectivity index (χ3v) is 0.302. The lowest BCUT2D eigenvalue weighted by molar-refractivity contribution is -0.147. The van der Waals surface area contributed by atoms with Crippen molar-refractivity contribution < 1.29 is 33.5 Å². The zero-order chi connectivity index (χ0) is 12.1. The summed E-state index contributed by atoms with van der Waals surface area (Å²) in [5.41, 5.74) is 0. The lowest BCUT2D eigenvalue weighted by Gasteiger charge is -1.80. The zero-order valence-electron chi connectivity index (χ0n) is 7.48. The molecule has 0 aliphatic carbocycles. The quantitative estimate of drug-likeness (QED) is 0.354. The topological polar surface area (TPSA) is 94.8 Å². The molecule has 0 radical (unpaired) electrons. The van der Waals surface area contributed by atoms with Gasteiger partial charge in [-0.3, -0.25) is 18.2 Å². The van der Waals surface area contributed by atoms with E-state index in [0.29, 0.717) is 0 Å². The first-order valence-corrected chi connectivity index (χ1v) is 3.24. The monoisotopic (exact) mass is 212 g/mol. The van der Waals surface area contributed by atoms with Crippen LogP contribution in [0.2, 0.25) is 0 Å². The summed E-state index contributed by atoms with van der Waals surface area (Å²) in [6.45, 7) is 5.25. The summed E-state index contributed by atoms with van der Waals surface area (Å²) in [6.07, 6.45) is 0.944. The summed E-state index contributed by atoms with van der Waals surface area (Å²) in [7, 11) is -3.17. The molecule has 3 N–H and O–H groups in total. The van der Waals surface area contributed by atoms with Crippen molar-refractivity contribution in [3.05, 3.63) is 12.7 Å². The Bertz CT molecular complexity index is 159. The first-order valence-electron chi connectivity index (χ1n) is 3.24. The fourth-order valence-corrected chi connectivity index (χ4v) is 0.129. The maximum Gasteiger partial charge on any atom is 0.718 e. The molecule has 0 heterocycles. The predicted octanol–water partition coefficient (Wildman–Crippen LogP) is 0.641. The first kappa shape index (κ1) is 18.4. The number of aliphatic carboxylic acids is 2. The van der Waals surface area contributed by atoms with Gasteiger partial charge in [0, 0.05) is 0 Å². The minimum absolute atomic E-state index is 0.806. The molecule has 0 spiro atoms. The molecule has 5 nitrogen and oxygen atoms in total. The molecule has 82 valence electrons. The van der Waals surface area contributed by atoms with Gasteiger partial charge in [0.2, 0.25) is 0 Å². The molecule has 0 atom stereocenters. The van der Waals surface area contributed by atoms with Gasteiger partial charge in [0.05, 0.1) is 0 Å². The number of allylic oxidation sites excluding steroid dienone is 1. The predicted molar refractivity (Wildman–Crippen MR) is 45.9 cm³/mol. The molecule has 0 saturated carbocycles. The fourth-order valence-electron chi connectivity index (χ4n) is 0.129. The smallest absolute Gasteiger partial charge is 0.481 e. The Morgan fingerprint density at radius 2 is 1.50 bits per heavy atom. The number of carboxylic acid groups (broad SMARTS) is 2. The molecule has 0 aromatic heterocycles. The molecule has 0 aliphatic rings. The standard InChI is InChI=1S/C3H4O4.C3H6.BF2HO/c4-2(5)1-3(6)7;1-3-2;2-1(3)4/h1H2,(H,4,5)(H,6,7);3H,1H2,2H3;4H. The molecular formula is C6H11BF2O5. The van der Waals surface area contributed by atoms with Crippen molar-refractivity contribution in [2.45, 2.75) is 13.3 Å².